The molecule has 8 nitrogen and oxygen atoms in total. The minimum atomic E-state index is -0.181. The minimum absolute atomic E-state index is 0.181. The number of carbonyl (C=O) groups is 1. The van der Waals surface area contributed by atoms with E-state index >= 15 is 0 Å². The predicted octanol–water partition coefficient (Wildman–Crippen LogP) is 1.77. The number of amides is 1. The average molecular weight is 353 g/mol. The van der Waals surface area contributed by atoms with Gasteiger partial charge < -0.3 is 10.2 Å². The molecule has 1 amide bonds. The molecule has 0 aliphatic carbocycles. The van der Waals surface area contributed by atoms with Gasteiger partial charge in [-0.15, -0.1) is 5.10 Å². The number of pyridine rings is 1. The first kappa shape index (κ1) is 17.9. The maximum atomic E-state index is 12.1. The maximum Gasteiger partial charge on any atom is 0.273 e. The van der Waals surface area contributed by atoms with Crippen LogP contribution in [-0.4, -0.2) is 45.5 Å². The summed E-state index contributed by atoms with van der Waals surface area (Å²) in [7, 11) is 0. The molecule has 1 fully saturated rings. The van der Waals surface area contributed by atoms with Crippen molar-refractivity contribution in [1.29, 1.82) is 5.26 Å². The van der Waals surface area contributed by atoms with Crippen LogP contribution in [0.4, 0.5) is 5.82 Å². The standard InChI is InChI=1S/C18H23N7O/c1-13(2)11-21-18(26)16-12-25(23-22-16)15-4-7-24(8-5-15)17-9-14(10-19)3-6-20-17/h3,6,9,12-13,15H,4-5,7-8,11H2,1-2H3,(H,21,26). The van der Waals surface area contributed by atoms with E-state index in [4.69, 9.17) is 5.26 Å². The lowest BCUT2D eigenvalue weighted by Gasteiger charge is -2.32. The fourth-order valence-corrected chi connectivity index (χ4v) is 2.97. The summed E-state index contributed by atoms with van der Waals surface area (Å²) < 4.78 is 1.79. The number of rotatable bonds is 5. The molecule has 0 saturated carbocycles. The maximum absolute atomic E-state index is 12.1. The summed E-state index contributed by atoms with van der Waals surface area (Å²) >= 11 is 0. The molecule has 0 aromatic carbocycles. The van der Waals surface area contributed by atoms with Crippen molar-refractivity contribution in [2.75, 3.05) is 24.5 Å². The van der Waals surface area contributed by atoms with Gasteiger partial charge in [-0.3, -0.25) is 4.79 Å². The Morgan fingerprint density at radius 1 is 1.42 bits per heavy atom. The predicted molar refractivity (Wildman–Crippen MR) is 96.6 cm³/mol. The Kier molecular flexibility index (Phi) is 5.46. The van der Waals surface area contributed by atoms with E-state index in [0.717, 1.165) is 31.7 Å². The van der Waals surface area contributed by atoms with Crippen LogP contribution >= 0.6 is 0 Å². The van der Waals surface area contributed by atoms with E-state index in [9.17, 15) is 4.79 Å². The number of nitrogens with zero attached hydrogens (tertiary/aromatic N) is 6. The van der Waals surface area contributed by atoms with Crippen LogP contribution in [0.2, 0.25) is 0 Å². The van der Waals surface area contributed by atoms with Crippen molar-refractivity contribution >= 4 is 11.7 Å². The van der Waals surface area contributed by atoms with Gasteiger partial charge in [0.25, 0.3) is 5.91 Å². The molecule has 0 bridgehead atoms. The molecule has 0 spiro atoms. The number of hydrogen-bond donors (Lipinski definition) is 1. The van der Waals surface area contributed by atoms with Crippen molar-refractivity contribution in [3.63, 3.8) is 0 Å². The molecule has 1 aliphatic rings. The van der Waals surface area contributed by atoms with Crippen molar-refractivity contribution in [3.8, 4) is 6.07 Å². The largest absolute Gasteiger partial charge is 0.356 e. The first-order chi connectivity index (χ1) is 12.6. The molecule has 0 radical (unpaired) electrons. The van der Waals surface area contributed by atoms with Gasteiger partial charge in [-0.2, -0.15) is 5.26 Å². The zero-order valence-electron chi connectivity index (χ0n) is 15.1. The van der Waals surface area contributed by atoms with Crippen LogP contribution in [0, 0.1) is 17.2 Å². The van der Waals surface area contributed by atoms with E-state index in [1.807, 2.05) is 19.9 Å². The van der Waals surface area contributed by atoms with Crippen LogP contribution in [0.5, 0.6) is 0 Å². The Bertz CT molecular complexity index is 800. The summed E-state index contributed by atoms with van der Waals surface area (Å²) in [5.74, 6) is 1.04. The van der Waals surface area contributed by atoms with E-state index in [-0.39, 0.29) is 11.9 Å². The molecule has 0 atom stereocenters. The topological polar surface area (TPSA) is 99.7 Å². The van der Waals surface area contributed by atoms with Crippen LogP contribution in [0.1, 0.15) is 48.8 Å². The Hall–Kier alpha value is -2.95. The summed E-state index contributed by atoms with van der Waals surface area (Å²) in [6, 6.07) is 5.88. The smallest absolute Gasteiger partial charge is 0.273 e. The van der Waals surface area contributed by atoms with Gasteiger partial charge in [-0.05, 0) is 30.9 Å². The monoisotopic (exact) mass is 353 g/mol. The summed E-state index contributed by atoms with van der Waals surface area (Å²) in [6.45, 7) is 6.36. The van der Waals surface area contributed by atoms with Gasteiger partial charge in [0.15, 0.2) is 5.69 Å². The summed E-state index contributed by atoms with van der Waals surface area (Å²) in [6.07, 6.45) is 5.16. The summed E-state index contributed by atoms with van der Waals surface area (Å²) in [4.78, 5) is 18.6. The number of nitriles is 1. The van der Waals surface area contributed by atoms with Crippen LogP contribution in [0.3, 0.4) is 0 Å². The normalized spacial score (nSPS) is 15.1. The van der Waals surface area contributed by atoms with E-state index < -0.39 is 0 Å². The molecule has 1 aliphatic heterocycles. The van der Waals surface area contributed by atoms with E-state index in [1.165, 1.54) is 0 Å². The lowest BCUT2D eigenvalue weighted by atomic mass is 10.1. The molecule has 2 aromatic rings. The van der Waals surface area contributed by atoms with Gasteiger partial charge in [-0.25, -0.2) is 9.67 Å². The lowest BCUT2D eigenvalue weighted by Crippen LogP contribution is -2.35. The van der Waals surface area contributed by atoms with E-state index in [1.54, 1.807) is 23.1 Å². The quantitative estimate of drug-likeness (QED) is 0.879. The second-order valence-electron chi connectivity index (χ2n) is 6.92. The van der Waals surface area contributed by atoms with Gasteiger partial charge in [0.1, 0.15) is 5.82 Å². The van der Waals surface area contributed by atoms with Gasteiger partial charge >= 0.3 is 0 Å². The molecular formula is C18H23N7O. The van der Waals surface area contributed by atoms with Gasteiger partial charge in [0.05, 0.1) is 23.9 Å². The fourth-order valence-electron chi connectivity index (χ4n) is 2.97. The van der Waals surface area contributed by atoms with E-state index in [2.05, 4.69) is 31.6 Å². The third-order valence-electron chi connectivity index (χ3n) is 4.45. The molecule has 8 heteroatoms. The van der Waals surface area contributed by atoms with Crippen molar-refractivity contribution < 1.29 is 4.79 Å². The zero-order chi connectivity index (χ0) is 18.5. The highest BCUT2D eigenvalue weighted by Crippen LogP contribution is 2.25. The van der Waals surface area contributed by atoms with Crippen LogP contribution in [0.15, 0.2) is 24.5 Å². The SMILES string of the molecule is CC(C)CNC(=O)c1cn(C2CCN(c3cc(C#N)ccn3)CC2)nn1. The number of aromatic nitrogens is 4. The molecule has 26 heavy (non-hydrogen) atoms. The van der Waals surface area contributed by atoms with Gasteiger partial charge in [0, 0.05) is 25.8 Å². The van der Waals surface area contributed by atoms with Crippen molar-refractivity contribution in [3.05, 3.63) is 35.8 Å². The third-order valence-corrected chi connectivity index (χ3v) is 4.45. The highest BCUT2D eigenvalue weighted by molar-refractivity contribution is 5.91. The Morgan fingerprint density at radius 3 is 2.88 bits per heavy atom. The molecule has 1 N–H and O–H groups in total. The minimum Gasteiger partial charge on any atom is -0.356 e. The highest BCUT2D eigenvalue weighted by atomic mass is 16.2. The van der Waals surface area contributed by atoms with Crippen LogP contribution < -0.4 is 10.2 Å². The lowest BCUT2D eigenvalue weighted by molar-refractivity contribution is 0.0944. The molecule has 2 aromatic heterocycles. The second-order valence-corrected chi connectivity index (χ2v) is 6.92. The Morgan fingerprint density at radius 2 is 2.19 bits per heavy atom. The molecule has 136 valence electrons. The van der Waals surface area contributed by atoms with Crippen LogP contribution in [0.25, 0.3) is 0 Å². The average Bonchev–Trinajstić information content (AvgIpc) is 3.16. The third kappa shape index (κ3) is 4.17. The van der Waals surface area contributed by atoms with Gasteiger partial charge in [-0.1, -0.05) is 19.1 Å². The molecule has 0 unspecified atom stereocenters. The number of anilines is 1. The van der Waals surface area contributed by atoms with Crippen molar-refractivity contribution in [1.82, 2.24) is 25.3 Å². The number of nitrogens with one attached hydrogen (secondary N) is 1. The van der Waals surface area contributed by atoms with Gasteiger partial charge in [0.2, 0.25) is 0 Å². The molecule has 1 saturated heterocycles. The van der Waals surface area contributed by atoms with Crippen molar-refractivity contribution in [2.45, 2.75) is 32.7 Å². The number of hydrogen-bond acceptors (Lipinski definition) is 6. The Labute approximate surface area is 152 Å². The highest BCUT2D eigenvalue weighted by Gasteiger charge is 2.23. The zero-order valence-corrected chi connectivity index (χ0v) is 15.1. The number of carbonyl (C=O) groups excluding carboxylic acids is 1. The van der Waals surface area contributed by atoms with Crippen molar-refractivity contribution in [2.24, 2.45) is 5.92 Å². The number of piperidine rings is 1. The molecular weight excluding hydrogens is 330 g/mol. The Balaban J connectivity index is 1.58. The second kappa shape index (κ2) is 7.95. The first-order valence-electron chi connectivity index (χ1n) is 8.88. The van der Waals surface area contributed by atoms with E-state index in [0.29, 0.717) is 23.7 Å². The van der Waals surface area contributed by atoms with Crippen LogP contribution in [-0.2, 0) is 0 Å². The summed E-state index contributed by atoms with van der Waals surface area (Å²) in [5.41, 5.74) is 0.974. The molecule has 3 heterocycles. The fraction of sp³-hybridized carbons (Fsp3) is 0.500. The molecule has 3 rings (SSSR count). The summed E-state index contributed by atoms with van der Waals surface area (Å²) in [5, 5.41) is 20.0. The first-order valence-corrected chi connectivity index (χ1v) is 8.88.